The van der Waals surface area contributed by atoms with Crippen LogP contribution in [0.25, 0.3) is 28.7 Å². The molecule has 0 spiro atoms. The fourth-order valence-electron chi connectivity index (χ4n) is 3.00. The highest BCUT2D eigenvalue weighted by Gasteiger charge is 2.20. The molecule has 0 aliphatic rings. The van der Waals surface area contributed by atoms with E-state index in [0.29, 0.717) is 16.0 Å². The van der Waals surface area contributed by atoms with Gasteiger partial charge in [-0.3, -0.25) is 9.36 Å². The van der Waals surface area contributed by atoms with Crippen molar-refractivity contribution in [2.24, 2.45) is 0 Å². The minimum atomic E-state index is -1.67. The zero-order valence-corrected chi connectivity index (χ0v) is 15.8. The molecule has 0 aliphatic heterocycles. The van der Waals surface area contributed by atoms with Crippen LogP contribution in [-0.2, 0) is 0 Å². The molecule has 4 rings (SSSR count). The van der Waals surface area contributed by atoms with Crippen LogP contribution in [0.1, 0.15) is 16.3 Å². The molecule has 0 saturated heterocycles. The topological polar surface area (TPSA) is 55.1 Å². The van der Waals surface area contributed by atoms with Crippen molar-refractivity contribution in [3.63, 3.8) is 0 Å². The van der Waals surface area contributed by atoms with Crippen LogP contribution in [0.4, 0.5) is 13.2 Å². The van der Waals surface area contributed by atoms with Crippen molar-refractivity contribution in [2.45, 2.75) is 6.92 Å². The molecule has 1 N–H and O–H groups in total. The molecule has 4 aromatic rings. The molecule has 0 radical (unpaired) electrons. The molecular formula is C21H13F3N2O2S. The van der Waals surface area contributed by atoms with Crippen molar-refractivity contribution in [2.75, 3.05) is 0 Å². The predicted molar refractivity (Wildman–Crippen MR) is 107 cm³/mol. The van der Waals surface area contributed by atoms with E-state index in [-0.39, 0.29) is 17.0 Å². The molecular weight excluding hydrogens is 401 g/mol. The number of phenols is 1. The van der Waals surface area contributed by atoms with E-state index in [4.69, 9.17) is 0 Å². The summed E-state index contributed by atoms with van der Waals surface area (Å²) in [5.41, 5.74) is -0.198. The van der Waals surface area contributed by atoms with Gasteiger partial charge >= 0.3 is 0 Å². The third-order valence-corrected chi connectivity index (χ3v) is 5.34. The maximum atomic E-state index is 14.5. The number of aromatic nitrogens is 2. The van der Waals surface area contributed by atoms with Crippen molar-refractivity contribution < 1.29 is 18.3 Å². The van der Waals surface area contributed by atoms with Crippen molar-refractivity contribution in [1.29, 1.82) is 0 Å². The minimum Gasteiger partial charge on any atom is -0.507 e. The standard InChI is InChI=1S/C21H13F3N2O2S/c1-11-18-14(10-29-11)25-17(9-6-12-4-2-3-5-16(12)27)26(21(18)28)15-8-7-13(22)19(23)20(15)24/h2-10,27H,1H3/b9-6+. The largest absolute Gasteiger partial charge is 0.507 e. The van der Waals surface area contributed by atoms with Crippen molar-refractivity contribution in [1.82, 2.24) is 9.55 Å². The highest BCUT2D eigenvalue weighted by atomic mass is 32.1. The van der Waals surface area contributed by atoms with Gasteiger partial charge in [0.1, 0.15) is 11.6 Å². The van der Waals surface area contributed by atoms with Gasteiger partial charge in [-0.1, -0.05) is 18.2 Å². The van der Waals surface area contributed by atoms with Gasteiger partial charge in [0.15, 0.2) is 17.5 Å². The molecule has 146 valence electrons. The Morgan fingerprint density at radius 2 is 1.83 bits per heavy atom. The zero-order valence-electron chi connectivity index (χ0n) is 15.0. The lowest BCUT2D eigenvalue weighted by atomic mass is 10.2. The number of para-hydroxylation sites is 1. The normalized spacial score (nSPS) is 11.6. The van der Waals surface area contributed by atoms with E-state index in [1.807, 2.05) is 0 Å². The SMILES string of the molecule is Cc1scc2nc(/C=C/c3ccccc3O)n(-c3ccc(F)c(F)c3F)c(=O)c12. The van der Waals surface area contributed by atoms with Crippen LogP contribution in [0, 0.1) is 24.4 Å². The maximum Gasteiger partial charge on any atom is 0.267 e. The van der Waals surface area contributed by atoms with Crippen LogP contribution in [0.5, 0.6) is 5.75 Å². The maximum absolute atomic E-state index is 14.5. The average molecular weight is 414 g/mol. The first kappa shape index (κ1) is 18.9. The number of rotatable bonds is 3. The quantitative estimate of drug-likeness (QED) is 0.478. The summed E-state index contributed by atoms with van der Waals surface area (Å²) in [7, 11) is 0. The van der Waals surface area contributed by atoms with Gasteiger partial charge in [-0.2, -0.15) is 0 Å². The number of hydrogen-bond donors (Lipinski definition) is 1. The average Bonchev–Trinajstić information content (AvgIpc) is 3.07. The van der Waals surface area contributed by atoms with Crippen LogP contribution < -0.4 is 5.56 Å². The number of benzene rings is 2. The smallest absolute Gasteiger partial charge is 0.267 e. The van der Waals surface area contributed by atoms with Gasteiger partial charge in [-0.05, 0) is 37.3 Å². The van der Waals surface area contributed by atoms with Crippen LogP contribution in [0.3, 0.4) is 0 Å². The summed E-state index contributed by atoms with van der Waals surface area (Å²) in [6.07, 6.45) is 2.90. The lowest BCUT2D eigenvalue weighted by Crippen LogP contribution is -2.23. The summed E-state index contributed by atoms with van der Waals surface area (Å²) in [6.45, 7) is 1.72. The third-order valence-electron chi connectivity index (χ3n) is 4.44. The Hall–Kier alpha value is -3.39. The molecule has 0 atom stereocenters. The highest BCUT2D eigenvalue weighted by Crippen LogP contribution is 2.25. The Balaban J connectivity index is 2.02. The monoisotopic (exact) mass is 414 g/mol. The van der Waals surface area contributed by atoms with Gasteiger partial charge in [0.05, 0.1) is 16.6 Å². The van der Waals surface area contributed by atoms with Gasteiger partial charge in [-0.15, -0.1) is 11.3 Å². The Bertz CT molecular complexity index is 1340. The molecule has 2 heterocycles. The summed E-state index contributed by atoms with van der Waals surface area (Å²) in [4.78, 5) is 18.2. The van der Waals surface area contributed by atoms with E-state index in [1.165, 1.54) is 29.6 Å². The van der Waals surface area contributed by atoms with Crippen molar-refractivity contribution in [3.8, 4) is 11.4 Å². The fraction of sp³-hybridized carbons (Fsp3) is 0.0476. The van der Waals surface area contributed by atoms with E-state index >= 15 is 0 Å². The second kappa shape index (κ2) is 7.21. The van der Waals surface area contributed by atoms with Gasteiger partial charge in [0, 0.05) is 15.8 Å². The lowest BCUT2D eigenvalue weighted by molar-refractivity contribution is 0.444. The molecule has 8 heteroatoms. The van der Waals surface area contributed by atoms with Crippen LogP contribution >= 0.6 is 11.3 Å². The first-order valence-electron chi connectivity index (χ1n) is 8.49. The Morgan fingerprint density at radius 1 is 1.07 bits per heavy atom. The molecule has 2 aromatic heterocycles. The number of aromatic hydroxyl groups is 1. The number of aryl methyl sites for hydroxylation is 1. The summed E-state index contributed by atoms with van der Waals surface area (Å²) >= 11 is 1.30. The number of thiophene rings is 1. The first-order valence-corrected chi connectivity index (χ1v) is 9.37. The van der Waals surface area contributed by atoms with Crippen molar-refractivity contribution >= 4 is 34.4 Å². The molecule has 0 saturated carbocycles. The van der Waals surface area contributed by atoms with Crippen LogP contribution in [0.15, 0.2) is 46.6 Å². The van der Waals surface area contributed by atoms with Gasteiger partial charge in [-0.25, -0.2) is 18.2 Å². The molecule has 0 fully saturated rings. The van der Waals surface area contributed by atoms with Gasteiger partial charge in [0.2, 0.25) is 0 Å². The molecule has 0 aliphatic carbocycles. The summed E-state index contributed by atoms with van der Waals surface area (Å²) in [5, 5.41) is 11.9. The zero-order chi connectivity index (χ0) is 20.7. The summed E-state index contributed by atoms with van der Waals surface area (Å²) in [6, 6.07) is 8.22. The Morgan fingerprint density at radius 3 is 2.59 bits per heavy atom. The number of fused-ring (bicyclic) bond motifs is 1. The molecule has 0 unspecified atom stereocenters. The second-order valence-electron chi connectivity index (χ2n) is 6.25. The predicted octanol–water partition coefficient (Wildman–Crippen LogP) is 5.05. The summed E-state index contributed by atoms with van der Waals surface area (Å²) < 4.78 is 42.6. The van der Waals surface area contributed by atoms with E-state index in [0.717, 1.165) is 16.7 Å². The van der Waals surface area contributed by atoms with Gasteiger partial charge < -0.3 is 5.11 Å². The first-order chi connectivity index (χ1) is 13.9. The Kier molecular flexibility index (Phi) is 4.71. The number of halogens is 3. The second-order valence-corrected chi connectivity index (χ2v) is 7.33. The molecule has 2 aromatic carbocycles. The number of hydrogen-bond acceptors (Lipinski definition) is 4. The Labute approximate surface area is 166 Å². The van der Waals surface area contributed by atoms with E-state index in [9.17, 15) is 23.1 Å². The van der Waals surface area contributed by atoms with E-state index < -0.39 is 28.7 Å². The lowest BCUT2D eigenvalue weighted by Gasteiger charge is -2.12. The van der Waals surface area contributed by atoms with Crippen LogP contribution in [0.2, 0.25) is 0 Å². The molecule has 0 amide bonds. The molecule has 29 heavy (non-hydrogen) atoms. The van der Waals surface area contributed by atoms with E-state index in [1.54, 1.807) is 30.5 Å². The van der Waals surface area contributed by atoms with Crippen LogP contribution in [-0.4, -0.2) is 14.7 Å². The summed E-state index contributed by atoms with van der Waals surface area (Å²) in [5.74, 6) is -4.51. The highest BCUT2D eigenvalue weighted by molar-refractivity contribution is 7.11. The molecule has 4 nitrogen and oxygen atoms in total. The number of phenolic OH excluding ortho intramolecular Hbond substituents is 1. The number of nitrogens with zero attached hydrogens (tertiary/aromatic N) is 2. The van der Waals surface area contributed by atoms with E-state index in [2.05, 4.69) is 4.98 Å². The fourth-order valence-corrected chi connectivity index (χ4v) is 3.77. The minimum absolute atomic E-state index is 0.00381. The third kappa shape index (κ3) is 3.21. The molecule has 0 bridgehead atoms. The van der Waals surface area contributed by atoms with Crippen molar-refractivity contribution in [3.05, 3.63) is 85.8 Å². The van der Waals surface area contributed by atoms with Gasteiger partial charge in [0.25, 0.3) is 5.56 Å².